The zero-order chi connectivity index (χ0) is 12.1. The standard InChI is InChI=1S/C11H14Cl2N2O/c1-15(11(16)7-14)5-4-8-2-3-9(12)10(13)6-8/h2-3,6H,4-5,7,14H2,1H3. The third-order valence-corrected chi connectivity index (χ3v) is 3.06. The summed E-state index contributed by atoms with van der Waals surface area (Å²) in [5.41, 5.74) is 6.30. The molecule has 0 atom stereocenters. The van der Waals surface area contributed by atoms with E-state index in [-0.39, 0.29) is 12.5 Å². The molecule has 0 spiro atoms. The maximum atomic E-state index is 11.2. The van der Waals surface area contributed by atoms with Crippen LogP contribution in [0.25, 0.3) is 0 Å². The zero-order valence-corrected chi connectivity index (χ0v) is 10.6. The highest BCUT2D eigenvalue weighted by atomic mass is 35.5. The van der Waals surface area contributed by atoms with Crippen LogP contribution in [-0.2, 0) is 11.2 Å². The molecule has 0 fully saturated rings. The molecule has 0 aromatic heterocycles. The molecule has 2 N–H and O–H groups in total. The van der Waals surface area contributed by atoms with Gasteiger partial charge in [0.2, 0.25) is 5.91 Å². The van der Waals surface area contributed by atoms with Crippen LogP contribution in [0.4, 0.5) is 0 Å². The number of nitrogens with two attached hydrogens (primary N) is 1. The van der Waals surface area contributed by atoms with E-state index in [4.69, 9.17) is 28.9 Å². The molecule has 0 unspecified atom stereocenters. The number of hydrogen-bond acceptors (Lipinski definition) is 2. The molecular formula is C11H14Cl2N2O. The highest BCUT2D eigenvalue weighted by molar-refractivity contribution is 6.42. The predicted octanol–water partition coefficient (Wildman–Crippen LogP) is 1.95. The molecule has 1 aromatic carbocycles. The number of benzene rings is 1. The van der Waals surface area contributed by atoms with Gasteiger partial charge in [0.1, 0.15) is 0 Å². The predicted molar refractivity (Wildman–Crippen MR) is 66.9 cm³/mol. The smallest absolute Gasteiger partial charge is 0.236 e. The van der Waals surface area contributed by atoms with Gasteiger partial charge in [-0.15, -0.1) is 0 Å². The number of hydrogen-bond donors (Lipinski definition) is 1. The second kappa shape index (κ2) is 6.09. The van der Waals surface area contributed by atoms with Crippen LogP contribution in [0.3, 0.4) is 0 Å². The van der Waals surface area contributed by atoms with Crippen molar-refractivity contribution in [2.45, 2.75) is 6.42 Å². The summed E-state index contributed by atoms with van der Waals surface area (Å²) in [6.07, 6.45) is 0.735. The Labute approximate surface area is 105 Å². The lowest BCUT2D eigenvalue weighted by molar-refractivity contribution is -0.128. The molecule has 88 valence electrons. The Morgan fingerprint density at radius 3 is 2.62 bits per heavy atom. The number of rotatable bonds is 4. The lowest BCUT2D eigenvalue weighted by Crippen LogP contribution is -2.34. The number of nitrogens with zero attached hydrogens (tertiary/aromatic N) is 1. The summed E-state index contributed by atoms with van der Waals surface area (Å²) in [5, 5.41) is 1.07. The van der Waals surface area contributed by atoms with E-state index in [1.165, 1.54) is 0 Å². The number of halogens is 2. The van der Waals surface area contributed by atoms with Crippen molar-refractivity contribution in [3.8, 4) is 0 Å². The Hall–Kier alpha value is -0.770. The van der Waals surface area contributed by atoms with Crippen molar-refractivity contribution in [1.82, 2.24) is 4.90 Å². The topological polar surface area (TPSA) is 46.3 Å². The van der Waals surface area contributed by atoms with Crippen molar-refractivity contribution >= 4 is 29.1 Å². The summed E-state index contributed by atoms with van der Waals surface area (Å²) in [4.78, 5) is 12.8. The molecule has 0 saturated carbocycles. The first-order valence-electron chi connectivity index (χ1n) is 4.92. The maximum Gasteiger partial charge on any atom is 0.236 e. The molecule has 0 aliphatic carbocycles. The minimum absolute atomic E-state index is 0.0396. The van der Waals surface area contributed by atoms with Crippen LogP contribution < -0.4 is 5.73 Å². The van der Waals surface area contributed by atoms with Crippen molar-refractivity contribution < 1.29 is 4.79 Å². The molecule has 5 heteroatoms. The monoisotopic (exact) mass is 260 g/mol. The molecule has 3 nitrogen and oxygen atoms in total. The number of carbonyl (C=O) groups excluding carboxylic acids is 1. The molecule has 1 rings (SSSR count). The fraction of sp³-hybridized carbons (Fsp3) is 0.364. The normalized spacial score (nSPS) is 10.2. The summed E-state index contributed by atoms with van der Waals surface area (Å²) >= 11 is 11.7. The van der Waals surface area contributed by atoms with Gasteiger partial charge in [0.15, 0.2) is 0 Å². The molecule has 1 amide bonds. The van der Waals surface area contributed by atoms with Crippen LogP contribution in [0.1, 0.15) is 5.56 Å². The van der Waals surface area contributed by atoms with Crippen LogP contribution >= 0.6 is 23.2 Å². The SMILES string of the molecule is CN(CCc1ccc(Cl)c(Cl)c1)C(=O)CN. The van der Waals surface area contributed by atoms with Gasteiger partial charge in [0.05, 0.1) is 16.6 Å². The average Bonchev–Trinajstić information content (AvgIpc) is 2.29. The Morgan fingerprint density at radius 2 is 2.06 bits per heavy atom. The summed E-state index contributed by atoms with van der Waals surface area (Å²) in [5.74, 6) is -0.0694. The Kier molecular flexibility index (Phi) is 5.06. The minimum atomic E-state index is -0.0694. The van der Waals surface area contributed by atoms with Gasteiger partial charge in [0, 0.05) is 13.6 Å². The van der Waals surface area contributed by atoms with Gasteiger partial charge in [-0.1, -0.05) is 29.3 Å². The third kappa shape index (κ3) is 3.67. The molecule has 1 aromatic rings. The largest absolute Gasteiger partial charge is 0.344 e. The van der Waals surface area contributed by atoms with E-state index in [1.54, 1.807) is 18.0 Å². The average molecular weight is 261 g/mol. The van der Waals surface area contributed by atoms with E-state index in [2.05, 4.69) is 0 Å². The van der Waals surface area contributed by atoms with Crippen LogP contribution in [0.5, 0.6) is 0 Å². The molecule has 16 heavy (non-hydrogen) atoms. The van der Waals surface area contributed by atoms with Gasteiger partial charge in [-0.2, -0.15) is 0 Å². The van der Waals surface area contributed by atoms with Crippen molar-refractivity contribution in [3.63, 3.8) is 0 Å². The van der Waals surface area contributed by atoms with Gasteiger partial charge in [-0.3, -0.25) is 4.79 Å². The van der Waals surface area contributed by atoms with Gasteiger partial charge in [0.25, 0.3) is 0 Å². The number of amides is 1. The fourth-order valence-electron chi connectivity index (χ4n) is 1.27. The molecule has 0 aliphatic rings. The molecule has 0 heterocycles. The second-order valence-corrected chi connectivity index (χ2v) is 4.33. The van der Waals surface area contributed by atoms with Crippen LogP contribution in [-0.4, -0.2) is 30.9 Å². The molecule has 0 bridgehead atoms. The van der Waals surface area contributed by atoms with Crippen molar-refractivity contribution in [2.24, 2.45) is 5.73 Å². The van der Waals surface area contributed by atoms with Gasteiger partial charge < -0.3 is 10.6 Å². The molecule has 0 saturated heterocycles. The highest BCUT2D eigenvalue weighted by Crippen LogP contribution is 2.22. The summed E-state index contributed by atoms with van der Waals surface area (Å²) in [6.45, 7) is 0.659. The lowest BCUT2D eigenvalue weighted by atomic mass is 10.1. The molecule has 0 radical (unpaired) electrons. The van der Waals surface area contributed by atoms with Crippen molar-refractivity contribution in [3.05, 3.63) is 33.8 Å². The van der Waals surface area contributed by atoms with Gasteiger partial charge in [-0.05, 0) is 24.1 Å². The Morgan fingerprint density at radius 1 is 1.38 bits per heavy atom. The van der Waals surface area contributed by atoms with Gasteiger partial charge >= 0.3 is 0 Å². The zero-order valence-electron chi connectivity index (χ0n) is 9.04. The Bertz CT molecular complexity index is 382. The highest BCUT2D eigenvalue weighted by Gasteiger charge is 2.06. The van der Waals surface area contributed by atoms with Crippen molar-refractivity contribution in [1.29, 1.82) is 0 Å². The van der Waals surface area contributed by atoms with Gasteiger partial charge in [-0.25, -0.2) is 0 Å². The molecule has 0 aliphatic heterocycles. The van der Waals surface area contributed by atoms with E-state index < -0.39 is 0 Å². The summed E-state index contributed by atoms with van der Waals surface area (Å²) < 4.78 is 0. The first kappa shape index (κ1) is 13.3. The Balaban J connectivity index is 2.55. The van der Waals surface area contributed by atoms with E-state index in [1.807, 2.05) is 12.1 Å². The third-order valence-electron chi connectivity index (χ3n) is 2.32. The van der Waals surface area contributed by atoms with E-state index in [9.17, 15) is 4.79 Å². The minimum Gasteiger partial charge on any atom is -0.344 e. The van der Waals surface area contributed by atoms with Crippen LogP contribution in [0.15, 0.2) is 18.2 Å². The summed E-state index contributed by atoms with van der Waals surface area (Å²) in [7, 11) is 1.73. The number of carbonyl (C=O) groups is 1. The summed E-state index contributed by atoms with van der Waals surface area (Å²) in [6, 6.07) is 5.46. The van der Waals surface area contributed by atoms with Crippen LogP contribution in [0.2, 0.25) is 10.0 Å². The maximum absolute atomic E-state index is 11.2. The first-order valence-corrected chi connectivity index (χ1v) is 5.68. The van der Waals surface area contributed by atoms with E-state index in [0.29, 0.717) is 16.6 Å². The fourth-order valence-corrected chi connectivity index (χ4v) is 1.59. The number of likely N-dealkylation sites (N-methyl/N-ethyl adjacent to an activating group) is 1. The van der Waals surface area contributed by atoms with E-state index >= 15 is 0 Å². The van der Waals surface area contributed by atoms with Crippen molar-refractivity contribution in [2.75, 3.05) is 20.1 Å². The van der Waals surface area contributed by atoms with Crippen LogP contribution in [0, 0.1) is 0 Å². The lowest BCUT2D eigenvalue weighted by Gasteiger charge is -2.16. The quantitative estimate of drug-likeness (QED) is 0.900. The molecular weight excluding hydrogens is 247 g/mol. The van der Waals surface area contributed by atoms with E-state index in [0.717, 1.165) is 12.0 Å². The second-order valence-electron chi connectivity index (χ2n) is 3.52. The first-order chi connectivity index (χ1) is 7.54.